The molecule has 0 rings (SSSR count). The van der Waals surface area contributed by atoms with Gasteiger partial charge in [0.15, 0.2) is 0 Å². The molecule has 0 aliphatic heterocycles. The Morgan fingerprint density at radius 2 is 0.900 bits per heavy atom. The van der Waals surface area contributed by atoms with Crippen LogP contribution in [-0.2, 0) is 19.4 Å². The van der Waals surface area contributed by atoms with Gasteiger partial charge in [0, 0.05) is 14.2 Å². The van der Waals surface area contributed by atoms with Crippen LogP contribution in [0.3, 0.4) is 0 Å². The molecule has 0 heterocycles. The van der Waals surface area contributed by atoms with Gasteiger partial charge in [-0.1, -0.05) is 0 Å². The molecule has 4 heteroatoms. The molecule has 0 aromatic rings. The van der Waals surface area contributed by atoms with Gasteiger partial charge in [-0.15, -0.1) is 0 Å². The standard InChI is InChI=1S/C4H9.2CH4O.ClH.Ti/c1-4(2)3;2*1-2;;/h1-3H3;2*2H,1H3;1H;/q-1;;;;+2/p-1. The number of aliphatic hydroxyl groups excluding tert-OH is 2. The Morgan fingerprint density at radius 1 is 0.900 bits per heavy atom. The van der Waals surface area contributed by atoms with E-state index in [-0.39, 0.29) is 0 Å². The first-order valence-corrected chi connectivity index (χ1v) is 4.73. The average molecular weight is 205 g/mol. The first-order chi connectivity index (χ1) is 4.73. The zero-order valence-corrected chi connectivity index (χ0v) is 9.59. The van der Waals surface area contributed by atoms with E-state index < -0.39 is 0 Å². The second-order valence-electron chi connectivity index (χ2n) is 1.50. The number of aliphatic hydroxyl groups is 2. The van der Waals surface area contributed by atoms with Gasteiger partial charge in [0.25, 0.3) is 0 Å². The summed E-state index contributed by atoms with van der Waals surface area (Å²) in [4.78, 5) is 0. The molecule has 0 spiro atoms. The normalized spacial score (nSPS) is 5.20. The van der Waals surface area contributed by atoms with Crippen molar-refractivity contribution in [2.75, 3.05) is 14.2 Å². The van der Waals surface area contributed by atoms with Crippen molar-refractivity contribution in [3.05, 3.63) is 5.92 Å². The van der Waals surface area contributed by atoms with E-state index in [0.29, 0.717) is 0 Å². The molecule has 64 valence electrons. The molecule has 0 aromatic heterocycles. The van der Waals surface area contributed by atoms with Crippen molar-refractivity contribution >= 4 is 9.30 Å². The molecule has 10 heavy (non-hydrogen) atoms. The maximum atomic E-state index is 7.00. The summed E-state index contributed by atoms with van der Waals surface area (Å²) in [6, 6.07) is 0. The van der Waals surface area contributed by atoms with E-state index in [9.17, 15) is 0 Å². The van der Waals surface area contributed by atoms with Crippen LogP contribution in [0, 0.1) is 5.92 Å². The van der Waals surface area contributed by atoms with Crippen molar-refractivity contribution in [2.45, 2.75) is 20.8 Å². The van der Waals surface area contributed by atoms with Gasteiger partial charge in [0.05, 0.1) is 0 Å². The van der Waals surface area contributed by atoms with Crippen LogP contribution < -0.4 is 0 Å². The predicted octanol–water partition coefficient (Wildman–Crippen LogP) is 1.52. The van der Waals surface area contributed by atoms with Crippen LogP contribution in [0.2, 0.25) is 0 Å². The van der Waals surface area contributed by atoms with Crippen LogP contribution >= 0.6 is 9.30 Å². The van der Waals surface area contributed by atoms with Gasteiger partial charge in [0.2, 0.25) is 0 Å². The minimum absolute atomic E-state index is 1.00. The predicted molar refractivity (Wildman–Crippen MR) is 42.4 cm³/mol. The van der Waals surface area contributed by atoms with Crippen LogP contribution in [0.15, 0.2) is 0 Å². The van der Waals surface area contributed by atoms with E-state index in [2.05, 4.69) is 30.1 Å². The van der Waals surface area contributed by atoms with Crippen molar-refractivity contribution in [2.24, 2.45) is 0 Å². The fourth-order valence-corrected chi connectivity index (χ4v) is 0. The molecule has 2 N–H and O–H groups in total. The Hall–Kier alpha value is 0.924. The van der Waals surface area contributed by atoms with Crippen LogP contribution in [0.4, 0.5) is 0 Å². The fraction of sp³-hybridized carbons (Fsp3) is 0.833. The Morgan fingerprint density at radius 3 is 0.900 bits per heavy atom. The van der Waals surface area contributed by atoms with Gasteiger partial charge in [-0.3, -0.25) is 0 Å². The molecule has 0 unspecified atom stereocenters. The van der Waals surface area contributed by atoms with Crippen molar-refractivity contribution in [1.82, 2.24) is 0 Å². The summed E-state index contributed by atoms with van der Waals surface area (Å²) < 4.78 is 0. The average Bonchev–Trinajstić information content (AvgIpc) is 1.98. The maximum absolute atomic E-state index is 7.00. The van der Waals surface area contributed by atoms with E-state index in [1.54, 1.807) is 0 Å². The van der Waals surface area contributed by atoms with Gasteiger partial charge in [-0.25, -0.2) is 0 Å². The number of rotatable bonds is 0. The van der Waals surface area contributed by atoms with Gasteiger partial charge in [0.1, 0.15) is 0 Å². The third kappa shape index (κ3) is 656. The Balaban J connectivity index is -0.0000000262. The number of halogens is 1. The van der Waals surface area contributed by atoms with Crippen LogP contribution in [0.5, 0.6) is 0 Å². The fourth-order valence-electron chi connectivity index (χ4n) is 0. The molecule has 0 saturated carbocycles. The molecule has 0 aliphatic rings. The van der Waals surface area contributed by atoms with Crippen molar-refractivity contribution in [3.63, 3.8) is 0 Å². The summed E-state index contributed by atoms with van der Waals surface area (Å²) in [5.74, 6) is 1.42. The SMILES string of the molecule is CO.CO.C[C-](C)C.[Cl][Ti+]. The summed E-state index contributed by atoms with van der Waals surface area (Å²) in [5, 5.41) is 14.0. The topological polar surface area (TPSA) is 40.5 Å². The third-order valence-corrected chi connectivity index (χ3v) is 0. The zero-order chi connectivity index (χ0) is 9.58. The van der Waals surface area contributed by atoms with Gasteiger partial charge < -0.3 is 16.1 Å². The molecule has 0 atom stereocenters. The molecule has 2 nitrogen and oxygen atoms in total. The van der Waals surface area contributed by atoms with E-state index in [1.165, 1.54) is 25.3 Å². The molecule has 0 aliphatic carbocycles. The van der Waals surface area contributed by atoms with Crippen LogP contribution in [-0.4, -0.2) is 24.4 Å². The Bertz CT molecular complexity index is 20.5. The first-order valence-electron chi connectivity index (χ1n) is 2.58. The molecule has 0 fully saturated rings. The molecule has 0 saturated heterocycles. The Labute approximate surface area is 79.9 Å². The molecular formula is C6H17ClO2Ti. The van der Waals surface area contributed by atoms with E-state index in [1.807, 2.05) is 0 Å². The van der Waals surface area contributed by atoms with Crippen molar-refractivity contribution in [3.8, 4) is 0 Å². The van der Waals surface area contributed by atoms with Gasteiger partial charge in [-0.05, 0) is 0 Å². The molecular weight excluding hydrogens is 187 g/mol. The first kappa shape index (κ1) is 22.4. The second-order valence-corrected chi connectivity index (χ2v) is 1.50. The molecule has 0 radical (unpaired) electrons. The van der Waals surface area contributed by atoms with Gasteiger partial charge in [-0.2, -0.15) is 20.8 Å². The molecule has 0 aromatic carbocycles. The van der Waals surface area contributed by atoms with E-state index in [0.717, 1.165) is 14.2 Å². The monoisotopic (exact) mass is 204 g/mol. The molecule has 0 amide bonds. The minimum atomic E-state index is 1.00. The summed E-state index contributed by atoms with van der Waals surface area (Å²) >= 11 is 1.47. The van der Waals surface area contributed by atoms with E-state index in [4.69, 9.17) is 10.2 Å². The second kappa shape index (κ2) is 51.3. The van der Waals surface area contributed by atoms with Gasteiger partial charge >= 0.3 is 28.7 Å². The number of hydrogen-bond donors (Lipinski definition) is 2. The van der Waals surface area contributed by atoms with Crippen LogP contribution in [0.25, 0.3) is 0 Å². The van der Waals surface area contributed by atoms with E-state index >= 15 is 0 Å². The number of hydrogen-bond acceptors (Lipinski definition) is 2. The summed E-state index contributed by atoms with van der Waals surface area (Å²) in [7, 11) is 6.64. The van der Waals surface area contributed by atoms with Crippen LogP contribution in [0.1, 0.15) is 20.8 Å². The summed E-state index contributed by atoms with van der Waals surface area (Å²) in [6.45, 7) is 6.25. The summed E-state index contributed by atoms with van der Waals surface area (Å²) in [6.07, 6.45) is 0. The van der Waals surface area contributed by atoms with Crippen molar-refractivity contribution < 1.29 is 29.6 Å². The van der Waals surface area contributed by atoms with Crippen molar-refractivity contribution in [1.29, 1.82) is 0 Å². The summed E-state index contributed by atoms with van der Waals surface area (Å²) in [5.41, 5.74) is 0. The molecule has 0 bridgehead atoms. The third-order valence-electron chi connectivity index (χ3n) is 0. The Kier molecular flexibility index (Phi) is 115. The quantitative estimate of drug-likeness (QED) is 0.464. The zero-order valence-electron chi connectivity index (χ0n) is 7.27.